The molecule has 3 nitrogen and oxygen atoms in total. The highest BCUT2D eigenvalue weighted by Gasteiger charge is 2.23. The first-order valence-electron chi connectivity index (χ1n) is 7.37. The van der Waals surface area contributed by atoms with Crippen molar-refractivity contribution in [1.29, 1.82) is 0 Å². The van der Waals surface area contributed by atoms with E-state index < -0.39 is 5.60 Å². The van der Waals surface area contributed by atoms with Crippen molar-refractivity contribution in [3.05, 3.63) is 40.9 Å². The Hall–Kier alpha value is -0.970. The van der Waals surface area contributed by atoms with Gasteiger partial charge in [-0.1, -0.05) is 23.8 Å². The molecule has 0 bridgehead atoms. The van der Waals surface area contributed by atoms with Crippen molar-refractivity contribution in [1.82, 2.24) is 4.31 Å². The van der Waals surface area contributed by atoms with Crippen LogP contribution < -0.4 is 0 Å². The van der Waals surface area contributed by atoms with Crippen LogP contribution >= 0.6 is 23.5 Å². The molecule has 2 rings (SSSR count). The summed E-state index contributed by atoms with van der Waals surface area (Å²) < 4.78 is 7.74. The molecule has 0 N–H and O–H groups in total. The van der Waals surface area contributed by atoms with Crippen LogP contribution in [0.1, 0.15) is 44.0 Å². The fourth-order valence-corrected chi connectivity index (χ4v) is 3.29. The van der Waals surface area contributed by atoms with Crippen molar-refractivity contribution in [2.75, 3.05) is 13.1 Å². The summed E-state index contributed by atoms with van der Waals surface area (Å²) in [6.07, 6.45) is 2.00. The van der Waals surface area contributed by atoms with Gasteiger partial charge in [-0.2, -0.15) is 0 Å². The molecule has 0 aromatic heterocycles. The van der Waals surface area contributed by atoms with Crippen LogP contribution in [0.4, 0.5) is 0 Å². The number of ether oxygens (including phenoxy) is 1. The summed E-state index contributed by atoms with van der Waals surface area (Å²) in [5.41, 5.74) is 1.29. The fraction of sp³-hybridized carbons (Fsp3) is 0.471. The third-order valence-electron chi connectivity index (χ3n) is 3.22. The Labute approximate surface area is 141 Å². The monoisotopic (exact) mass is 339 g/mol. The first kappa shape index (κ1) is 17.4. The van der Waals surface area contributed by atoms with Gasteiger partial charge in [-0.15, -0.1) is 0 Å². The highest BCUT2D eigenvalue weighted by molar-refractivity contribution is 7.97. The largest absolute Gasteiger partial charge is 0.456 e. The van der Waals surface area contributed by atoms with Crippen LogP contribution in [0.25, 0.3) is 0 Å². The molecule has 0 amide bonds. The third-order valence-corrected chi connectivity index (χ3v) is 4.63. The smallest absolute Gasteiger partial charge is 0.339 e. The Morgan fingerprint density at radius 1 is 1.32 bits per heavy atom. The minimum atomic E-state index is -0.524. The van der Waals surface area contributed by atoms with Gasteiger partial charge in [0.15, 0.2) is 0 Å². The second-order valence-corrected chi connectivity index (χ2v) is 7.99. The number of carbonyl (C=O) groups is 1. The van der Waals surface area contributed by atoms with Gasteiger partial charge in [-0.25, -0.2) is 9.10 Å². The van der Waals surface area contributed by atoms with Crippen LogP contribution in [0.5, 0.6) is 0 Å². The van der Waals surface area contributed by atoms with Gasteiger partial charge in [0.05, 0.1) is 5.56 Å². The summed E-state index contributed by atoms with van der Waals surface area (Å²) in [5, 5.41) is 0.539. The average molecular weight is 340 g/mol. The van der Waals surface area contributed by atoms with E-state index in [0.717, 1.165) is 30.8 Å². The van der Waals surface area contributed by atoms with Gasteiger partial charge in [-0.05, 0) is 63.8 Å². The highest BCUT2D eigenvalue weighted by atomic mass is 35.5. The molecule has 0 spiro atoms. The summed E-state index contributed by atoms with van der Waals surface area (Å²) in [4.78, 5) is 13.3. The number of halogens is 1. The lowest BCUT2D eigenvalue weighted by molar-refractivity contribution is 0.00655. The van der Waals surface area contributed by atoms with Crippen molar-refractivity contribution in [2.24, 2.45) is 0 Å². The lowest BCUT2D eigenvalue weighted by Gasteiger charge is -2.27. The molecule has 0 unspecified atom stereocenters. The maximum atomic E-state index is 12.4. The standard InChI is InChI=1S/C17H22ClNO2S/c1-12-7-9-19(10-8-12)22-15-6-5-13(18)11-14(15)16(20)21-17(2,3)4/h5-6,11H,1,7-10H2,2-4H3. The maximum Gasteiger partial charge on any atom is 0.339 e. The van der Waals surface area contributed by atoms with Crippen LogP contribution in [0.2, 0.25) is 5.02 Å². The van der Waals surface area contributed by atoms with E-state index >= 15 is 0 Å². The quantitative estimate of drug-likeness (QED) is 0.442. The number of carbonyl (C=O) groups excluding carboxylic acids is 1. The van der Waals surface area contributed by atoms with E-state index in [1.807, 2.05) is 26.8 Å². The van der Waals surface area contributed by atoms with Gasteiger partial charge >= 0.3 is 5.97 Å². The molecule has 0 atom stereocenters. The van der Waals surface area contributed by atoms with E-state index in [1.165, 1.54) is 5.57 Å². The second kappa shape index (κ2) is 7.07. The van der Waals surface area contributed by atoms with Crippen LogP contribution in [0.15, 0.2) is 35.2 Å². The van der Waals surface area contributed by atoms with Gasteiger partial charge in [-0.3, -0.25) is 0 Å². The molecule has 22 heavy (non-hydrogen) atoms. The van der Waals surface area contributed by atoms with E-state index in [-0.39, 0.29) is 5.97 Å². The molecule has 1 saturated heterocycles. The topological polar surface area (TPSA) is 29.5 Å². The zero-order valence-electron chi connectivity index (χ0n) is 13.3. The van der Waals surface area contributed by atoms with Gasteiger partial charge in [0, 0.05) is 23.0 Å². The number of piperidine rings is 1. The number of hydrogen-bond donors (Lipinski definition) is 0. The minimum Gasteiger partial charge on any atom is -0.456 e. The average Bonchev–Trinajstić information content (AvgIpc) is 2.41. The van der Waals surface area contributed by atoms with Crippen molar-refractivity contribution in [2.45, 2.75) is 44.1 Å². The normalized spacial score (nSPS) is 16.6. The molecule has 120 valence electrons. The molecule has 1 aromatic carbocycles. The summed E-state index contributed by atoms with van der Waals surface area (Å²) in [5.74, 6) is -0.334. The molecule has 5 heteroatoms. The fourth-order valence-electron chi connectivity index (χ4n) is 2.11. The van der Waals surface area contributed by atoms with Crippen molar-refractivity contribution >= 4 is 29.5 Å². The predicted molar refractivity (Wildman–Crippen MR) is 92.4 cm³/mol. The molecule has 0 aliphatic carbocycles. The first-order chi connectivity index (χ1) is 10.2. The molecule has 1 aromatic rings. The van der Waals surface area contributed by atoms with Crippen LogP contribution in [-0.4, -0.2) is 29.0 Å². The summed E-state index contributed by atoms with van der Waals surface area (Å²) in [6.45, 7) is 11.5. The van der Waals surface area contributed by atoms with Crippen molar-refractivity contribution < 1.29 is 9.53 Å². The minimum absolute atomic E-state index is 0.334. The molecular weight excluding hydrogens is 318 g/mol. The Kier molecular flexibility index (Phi) is 5.59. The summed E-state index contributed by atoms with van der Waals surface area (Å²) in [7, 11) is 0. The molecule has 1 heterocycles. The van der Waals surface area contributed by atoms with Crippen molar-refractivity contribution in [3.8, 4) is 0 Å². The Morgan fingerprint density at radius 3 is 2.55 bits per heavy atom. The highest BCUT2D eigenvalue weighted by Crippen LogP contribution is 2.32. The van der Waals surface area contributed by atoms with Crippen LogP contribution in [-0.2, 0) is 4.74 Å². The zero-order chi connectivity index (χ0) is 16.3. The summed E-state index contributed by atoms with van der Waals surface area (Å²) >= 11 is 7.64. The number of nitrogens with zero attached hydrogens (tertiary/aromatic N) is 1. The number of hydrogen-bond acceptors (Lipinski definition) is 4. The molecule has 0 saturated carbocycles. The van der Waals surface area contributed by atoms with E-state index in [1.54, 1.807) is 24.1 Å². The maximum absolute atomic E-state index is 12.4. The number of rotatable bonds is 3. The van der Waals surface area contributed by atoms with E-state index in [0.29, 0.717) is 10.6 Å². The number of benzene rings is 1. The van der Waals surface area contributed by atoms with Crippen molar-refractivity contribution in [3.63, 3.8) is 0 Å². The zero-order valence-corrected chi connectivity index (χ0v) is 14.9. The lowest BCUT2D eigenvalue weighted by atomic mass is 10.1. The molecule has 1 aliphatic rings. The van der Waals surface area contributed by atoms with Gasteiger partial charge in [0.2, 0.25) is 0 Å². The van der Waals surface area contributed by atoms with Crippen LogP contribution in [0.3, 0.4) is 0 Å². The third kappa shape index (κ3) is 5.04. The Balaban J connectivity index is 2.17. The second-order valence-electron chi connectivity index (χ2n) is 6.41. The van der Waals surface area contributed by atoms with E-state index in [9.17, 15) is 4.79 Å². The lowest BCUT2D eigenvalue weighted by Crippen LogP contribution is -2.26. The molecule has 1 aliphatic heterocycles. The Bertz CT molecular complexity index is 571. The van der Waals surface area contributed by atoms with Gasteiger partial charge in [0.1, 0.15) is 5.60 Å². The predicted octanol–water partition coefficient (Wildman–Crippen LogP) is 4.95. The summed E-state index contributed by atoms with van der Waals surface area (Å²) in [6, 6.07) is 5.37. The Morgan fingerprint density at radius 2 is 1.95 bits per heavy atom. The van der Waals surface area contributed by atoms with E-state index in [2.05, 4.69) is 10.9 Å². The molecule has 0 radical (unpaired) electrons. The first-order valence-corrected chi connectivity index (χ1v) is 8.52. The number of esters is 1. The van der Waals surface area contributed by atoms with Gasteiger partial charge in [0.25, 0.3) is 0 Å². The van der Waals surface area contributed by atoms with E-state index in [4.69, 9.17) is 16.3 Å². The van der Waals surface area contributed by atoms with Crippen LogP contribution in [0, 0.1) is 0 Å². The SMILES string of the molecule is C=C1CCN(Sc2ccc(Cl)cc2C(=O)OC(C)(C)C)CC1. The molecular formula is C17H22ClNO2S. The molecule has 1 fully saturated rings. The van der Waals surface area contributed by atoms with Gasteiger partial charge < -0.3 is 4.74 Å².